The molecule has 2 aromatic carbocycles. The second-order valence-electron chi connectivity index (χ2n) is 6.23. The summed E-state index contributed by atoms with van der Waals surface area (Å²) in [4.78, 5) is 24.5. The van der Waals surface area contributed by atoms with Gasteiger partial charge in [0.05, 0.1) is 18.9 Å². The number of benzene rings is 2. The van der Waals surface area contributed by atoms with Gasteiger partial charge in [0.2, 0.25) is 0 Å². The monoisotopic (exact) mass is 391 g/mol. The van der Waals surface area contributed by atoms with E-state index in [9.17, 15) is 9.59 Å². The van der Waals surface area contributed by atoms with Crippen LogP contribution in [0.3, 0.4) is 0 Å². The van der Waals surface area contributed by atoms with Crippen molar-refractivity contribution in [3.8, 4) is 11.5 Å². The lowest BCUT2D eigenvalue weighted by molar-refractivity contribution is 0.102. The highest BCUT2D eigenvalue weighted by Crippen LogP contribution is 2.33. The molecule has 0 bridgehead atoms. The lowest BCUT2D eigenvalue weighted by Gasteiger charge is -2.12. The molecule has 4 aromatic rings. The molecule has 0 radical (unpaired) electrons. The van der Waals surface area contributed by atoms with Crippen molar-refractivity contribution >= 4 is 22.6 Å². The molecule has 0 spiro atoms. The van der Waals surface area contributed by atoms with Gasteiger partial charge in [0.25, 0.3) is 5.91 Å². The lowest BCUT2D eigenvalue weighted by atomic mass is 10.2. The lowest BCUT2D eigenvalue weighted by Crippen LogP contribution is -2.17. The minimum Gasteiger partial charge on any atom is -0.493 e. The van der Waals surface area contributed by atoms with Crippen LogP contribution in [0.25, 0.3) is 11.0 Å². The molecular weight excluding hydrogens is 374 g/mol. The van der Waals surface area contributed by atoms with E-state index in [0.717, 1.165) is 5.56 Å². The Morgan fingerprint density at radius 2 is 1.90 bits per heavy atom. The minimum atomic E-state index is -0.673. The molecule has 0 unspecified atom stereocenters. The summed E-state index contributed by atoms with van der Waals surface area (Å²) in [5, 5.41) is 3.11. The molecule has 0 saturated carbocycles. The van der Waals surface area contributed by atoms with Gasteiger partial charge in [-0.1, -0.05) is 30.3 Å². The molecule has 1 N–H and O–H groups in total. The number of carbonyl (C=O) groups excluding carboxylic acids is 1. The molecule has 0 aliphatic heterocycles. The predicted molar refractivity (Wildman–Crippen MR) is 106 cm³/mol. The van der Waals surface area contributed by atoms with E-state index in [4.69, 9.17) is 18.3 Å². The molecule has 0 saturated heterocycles. The second-order valence-corrected chi connectivity index (χ2v) is 6.23. The summed E-state index contributed by atoms with van der Waals surface area (Å²) in [6, 6.07) is 16.0. The fourth-order valence-electron chi connectivity index (χ4n) is 2.81. The molecule has 2 heterocycles. The Labute approximate surface area is 165 Å². The first kappa shape index (κ1) is 18.4. The maximum Gasteiger partial charge on any atom is 0.360 e. The first-order valence-corrected chi connectivity index (χ1v) is 8.80. The van der Waals surface area contributed by atoms with Gasteiger partial charge in [-0.25, -0.2) is 4.79 Å². The summed E-state index contributed by atoms with van der Waals surface area (Å²) in [5.74, 6) is 0.455. The van der Waals surface area contributed by atoms with Crippen LogP contribution in [0.1, 0.15) is 15.9 Å². The smallest absolute Gasteiger partial charge is 0.360 e. The summed E-state index contributed by atoms with van der Waals surface area (Å²) in [7, 11) is 1.53. The molecule has 7 heteroatoms. The maximum absolute atomic E-state index is 12.3. The van der Waals surface area contributed by atoms with Crippen LogP contribution in [0.5, 0.6) is 11.5 Å². The molecule has 7 nitrogen and oxygen atoms in total. The number of nitrogens with one attached hydrogen (secondary N) is 1. The van der Waals surface area contributed by atoms with Gasteiger partial charge in [0.1, 0.15) is 24.1 Å². The third-order valence-electron chi connectivity index (χ3n) is 4.29. The Balaban J connectivity index is 1.63. The topological polar surface area (TPSA) is 90.9 Å². The van der Waals surface area contributed by atoms with Crippen LogP contribution in [-0.4, -0.2) is 13.0 Å². The summed E-state index contributed by atoms with van der Waals surface area (Å²) in [6.07, 6.45) is 2.66. The Hall–Kier alpha value is -4.00. The molecule has 146 valence electrons. The van der Waals surface area contributed by atoms with Crippen LogP contribution in [0, 0.1) is 0 Å². The number of furan rings is 1. The zero-order chi connectivity index (χ0) is 20.2. The van der Waals surface area contributed by atoms with Crippen molar-refractivity contribution in [3.63, 3.8) is 0 Å². The normalized spacial score (nSPS) is 10.7. The number of anilines is 1. The van der Waals surface area contributed by atoms with E-state index < -0.39 is 11.5 Å². The first-order chi connectivity index (χ1) is 14.1. The molecule has 29 heavy (non-hydrogen) atoms. The molecule has 4 rings (SSSR count). The van der Waals surface area contributed by atoms with Gasteiger partial charge < -0.3 is 23.6 Å². The largest absolute Gasteiger partial charge is 0.493 e. The van der Waals surface area contributed by atoms with E-state index in [-0.39, 0.29) is 5.69 Å². The van der Waals surface area contributed by atoms with Crippen molar-refractivity contribution in [2.24, 2.45) is 0 Å². The number of amides is 1. The molecule has 1 amide bonds. The van der Waals surface area contributed by atoms with E-state index in [0.29, 0.717) is 34.6 Å². The van der Waals surface area contributed by atoms with Gasteiger partial charge in [-0.2, -0.15) is 0 Å². The van der Waals surface area contributed by atoms with E-state index in [1.165, 1.54) is 31.8 Å². The molecule has 0 atom stereocenters. The summed E-state index contributed by atoms with van der Waals surface area (Å²) in [5.41, 5.74) is 0.956. The number of hydrogen-bond donors (Lipinski definition) is 1. The molecule has 2 aromatic heterocycles. The number of methoxy groups -OCH3 is 1. The van der Waals surface area contributed by atoms with Gasteiger partial charge in [-0.3, -0.25) is 4.79 Å². The number of hydrogen-bond acceptors (Lipinski definition) is 6. The highest BCUT2D eigenvalue weighted by Gasteiger charge is 2.15. The van der Waals surface area contributed by atoms with Gasteiger partial charge in [-0.15, -0.1) is 0 Å². The van der Waals surface area contributed by atoms with Crippen molar-refractivity contribution in [1.29, 1.82) is 0 Å². The van der Waals surface area contributed by atoms with Crippen molar-refractivity contribution in [2.75, 3.05) is 12.4 Å². The average Bonchev–Trinajstić information content (AvgIpc) is 3.28. The SMILES string of the molecule is COc1cc2cc(NC(=O)c3ccoc3)c(=O)oc2cc1OCc1ccccc1. The van der Waals surface area contributed by atoms with Crippen molar-refractivity contribution in [1.82, 2.24) is 0 Å². The summed E-state index contributed by atoms with van der Waals surface area (Å²) in [6.45, 7) is 0.339. The van der Waals surface area contributed by atoms with Gasteiger partial charge in [0.15, 0.2) is 11.5 Å². The van der Waals surface area contributed by atoms with Gasteiger partial charge in [0, 0.05) is 11.5 Å². The zero-order valence-electron chi connectivity index (χ0n) is 15.5. The number of fused-ring (bicyclic) bond motifs is 1. The van der Waals surface area contributed by atoms with E-state index >= 15 is 0 Å². The molecular formula is C22H17NO6. The van der Waals surface area contributed by atoms with E-state index in [1.807, 2.05) is 30.3 Å². The average molecular weight is 391 g/mol. The van der Waals surface area contributed by atoms with E-state index in [2.05, 4.69) is 5.32 Å². The Morgan fingerprint density at radius 1 is 1.07 bits per heavy atom. The zero-order valence-corrected chi connectivity index (χ0v) is 15.5. The Bertz CT molecular complexity index is 1200. The van der Waals surface area contributed by atoms with Crippen LogP contribution < -0.4 is 20.4 Å². The highest BCUT2D eigenvalue weighted by molar-refractivity contribution is 6.04. The maximum atomic E-state index is 12.3. The molecule has 0 aliphatic carbocycles. The van der Waals surface area contributed by atoms with Crippen molar-refractivity contribution in [2.45, 2.75) is 6.61 Å². The fraction of sp³-hybridized carbons (Fsp3) is 0.0909. The van der Waals surface area contributed by atoms with Crippen molar-refractivity contribution < 1.29 is 23.1 Å². The van der Waals surface area contributed by atoms with Crippen LogP contribution in [-0.2, 0) is 6.61 Å². The highest BCUT2D eigenvalue weighted by atomic mass is 16.5. The summed E-state index contributed by atoms with van der Waals surface area (Å²) < 4.78 is 21.5. The number of rotatable bonds is 6. The van der Waals surface area contributed by atoms with E-state index in [1.54, 1.807) is 12.1 Å². The fourth-order valence-corrected chi connectivity index (χ4v) is 2.81. The number of carbonyl (C=O) groups is 1. The Morgan fingerprint density at radius 3 is 2.62 bits per heavy atom. The standard InChI is InChI=1S/C22H17NO6/c1-26-19-10-16-9-17(23-21(24)15-7-8-27-13-15)22(25)29-18(16)11-20(19)28-12-14-5-3-2-4-6-14/h2-11,13H,12H2,1H3,(H,23,24). The van der Waals surface area contributed by atoms with Gasteiger partial charge in [-0.05, 0) is 23.8 Å². The quantitative estimate of drug-likeness (QED) is 0.495. The Kier molecular flexibility index (Phi) is 5.03. The van der Waals surface area contributed by atoms with Crippen molar-refractivity contribution in [3.05, 3.63) is 88.7 Å². The van der Waals surface area contributed by atoms with Crippen LogP contribution in [0.4, 0.5) is 5.69 Å². The van der Waals surface area contributed by atoms with Crippen LogP contribution in [0.2, 0.25) is 0 Å². The third-order valence-corrected chi connectivity index (χ3v) is 4.29. The minimum absolute atomic E-state index is 0.0173. The molecule has 0 fully saturated rings. The third kappa shape index (κ3) is 3.98. The predicted octanol–water partition coefficient (Wildman–Crippen LogP) is 4.23. The second kappa shape index (κ2) is 7.93. The number of ether oxygens (including phenoxy) is 2. The molecule has 0 aliphatic rings. The first-order valence-electron chi connectivity index (χ1n) is 8.80. The van der Waals surface area contributed by atoms with Crippen LogP contribution >= 0.6 is 0 Å². The summed E-state index contributed by atoms with van der Waals surface area (Å²) >= 11 is 0. The van der Waals surface area contributed by atoms with Gasteiger partial charge >= 0.3 is 5.63 Å². The van der Waals surface area contributed by atoms with Crippen LogP contribution in [0.15, 0.2) is 80.8 Å².